The van der Waals surface area contributed by atoms with E-state index in [0.29, 0.717) is 17.1 Å². The summed E-state index contributed by atoms with van der Waals surface area (Å²) in [7, 11) is 3.04. The standard InChI is InChI=1S/C22H22N6O3S2/c1-5-18-25-26-22-28(18)27-20(33-22)13-7-6-12(2)16(10-13)23-21(32)24-19(29)15-9-8-14(30-3)11-17(15)31-4/h6-11H,5H2,1-4H3,(H2,23,24,29,32). The number of aryl methyl sites for hydroxylation is 2. The number of amides is 1. The van der Waals surface area contributed by atoms with Crippen molar-refractivity contribution in [2.75, 3.05) is 19.5 Å². The lowest BCUT2D eigenvalue weighted by Gasteiger charge is -2.14. The third-order valence-corrected chi connectivity index (χ3v) is 6.14. The summed E-state index contributed by atoms with van der Waals surface area (Å²) in [6, 6.07) is 10.9. The smallest absolute Gasteiger partial charge is 0.261 e. The van der Waals surface area contributed by atoms with Gasteiger partial charge in [-0.15, -0.1) is 10.2 Å². The van der Waals surface area contributed by atoms with Gasteiger partial charge in [-0.1, -0.05) is 30.4 Å². The minimum absolute atomic E-state index is 0.171. The monoisotopic (exact) mass is 482 g/mol. The Balaban J connectivity index is 1.52. The van der Waals surface area contributed by atoms with Gasteiger partial charge in [0.2, 0.25) is 4.96 Å². The van der Waals surface area contributed by atoms with Crippen LogP contribution in [0.5, 0.6) is 11.5 Å². The SMILES string of the molecule is CCc1nnc2sc(-c3ccc(C)c(NC(=S)NC(=O)c4ccc(OC)cc4OC)c3)nn12. The van der Waals surface area contributed by atoms with Crippen LogP contribution in [-0.2, 0) is 6.42 Å². The quantitative estimate of drug-likeness (QED) is 0.399. The second-order valence-corrected chi connectivity index (χ2v) is 8.44. The van der Waals surface area contributed by atoms with E-state index >= 15 is 0 Å². The van der Waals surface area contributed by atoms with E-state index in [9.17, 15) is 4.79 Å². The molecule has 33 heavy (non-hydrogen) atoms. The lowest BCUT2D eigenvalue weighted by molar-refractivity contribution is 0.0974. The number of aromatic nitrogens is 4. The van der Waals surface area contributed by atoms with Crippen molar-refractivity contribution in [2.45, 2.75) is 20.3 Å². The molecule has 0 radical (unpaired) electrons. The molecule has 0 saturated carbocycles. The fraction of sp³-hybridized carbons (Fsp3) is 0.227. The largest absolute Gasteiger partial charge is 0.497 e. The van der Waals surface area contributed by atoms with E-state index in [2.05, 4.69) is 25.9 Å². The van der Waals surface area contributed by atoms with Gasteiger partial charge in [0, 0.05) is 23.7 Å². The summed E-state index contributed by atoms with van der Waals surface area (Å²) in [5.41, 5.74) is 2.99. The second kappa shape index (κ2) is 9.51. The van der Waals surface area contributed by atoms with Crippen LogP contribution in [0.2, 0.25) is 0 Å². The average Bonchev–Trinajstić information content (AvgIpc) is 3.40. The van der Waals surface area contributed by atoms with Crippen LogP contribution in [0.25, 0.3) is 15.5 Å². The fourth-order valence-electron chi connectivity index (χ4n) is 3.19. The maximum atomic E-state index is 12.7. The molecule has 9 nitrogen and oxygen atoms in total. The number of anilines is 1. The summed E-state index contributed by atoms with van der Waals surface area (Å²) in [6.07, 6.45) is 0.748. The minimum atomic E-state index is -0.387. The van der Waals surface area contributed by atoms with E-state index in [4.69, 9.17) is 21.7 Å². The number of nitrogens with one attached hydrogen (secondary N) is 2. The van der Waals surface area contributed by atoms with E-state index in [1.807, 2.05) is 32.0 Å². The molecule has 0 aliphatic carbocycles. The third-order valence-electron chi connectivity index (χ3n) is 4.98. The first-order valence-electron chi connectivity index (χ1n) is 10.1. The third kappa shape index (κ3) is 4.64. The molecule has 0 unspecified atom stereocenters. The van der Waals surface area contributed by atoms with Gasteiger partial charge < -0.3 is 14.8 Å². The van der Waals surface area contributed by atoms with Crippen LogP contribution >= 0.6 is 23.6 Å². The molecule has 0 saturated heterocycles. The normalized spacial score (nSPS) is 10.8. The molecule has 2 aromatic heterocycles. The molecule has 170 valence electrons. The van der Waals surface area contributed by atoms with Gasteiger partial charge in [0.25, 0.3) is 5.91 Å². The van der Waals surface area contributed by atoms with Crippen molar-refractivity contribution >= 4 is 45.2 Å². The summed E-state index contributed by atoms with van der Waals surface area (Å²) in [4.78, 5) is 13.5. The second-order valence-electron chi connectivity index (χ2n) is 7.08. The van der Waals surface area contributed by atoms with Gasteiger partial charge in [-0.3, -0.25) is 10.1 Å². The van der Waals surface area contributed by atoms with Crippen LogP contribution in [0, 0.1) is 6.92 Å². The van der Waals surface area contributed by atoms with E-state index in [-0.39, 0.29) is 11.0 Å². The van der Waals surface area contributed by atoms with Gasteiger partial charge in [0.1, 0.15) is 16.5 Å². The molecule has 0 spiro atoms. The molecule has 2 N–H and O–H groups in total. The predicted molar refractivity (Wildman–Crippen MR) is 131 cm³/mol. The van der Waals surface area contributed by atoms with Crippen molar-refractivity contribution in [2.24, 2.45) is 0 Å². The van der Waals surface area contributed by atoms with Gasteiger partial charge in [0.15, 0.2) is 10.9 Å². The van der Waals surface area contributed by atoms with Crippen molar-refractivity contribution in [1.82, 2.24) is 25.1 Å². The molecule has 0 aliphatic rings. The van der Waals surface area contributed by atoms with Crippen molar-refractivity contribution in [3.63, 3.8) is 0 Å². The summed E-state index contributed by atoms with van der Waals surface area (Å²) in [5.74, 6) is 1.41. The number of thiocarbonyl (C=S) groups is 1. The molecule has 4 aromatic rings. The van der Waals surface area contributed by atoms with E-state index in [1.165, 1.54) is 18.4 Å². The molecule has 0 fully saturated rings. The van der Waals surface area contributed by atoms with Crippen LogP contribution in [0.4, 0.5) is 5.69 Å². The van der Waals surface area contributed by atoms with E-state index in [1.54, 1.807) is 29.8 Å². The number of rotatable bonds is 6. The molecule has 4 rings (SSSR count). The summed E-state index contributed by atoms with van der Waals surface area (Å²) in [5, 5.41) is 19.7. The Morgan fingerprint density at radius 3 is 2.70 bits per heavy atom. The van der Waals surface area contributed by atoms with E-state index < -0.39 is 0 Å². The van der Waals surface area contributed by atoms with Crippen LogP contribution in [0.1, 0.15) is 28.7 Å². The first-order valence-corrected chi connectivity index (χ1v) is 11.3. The number of fused-ring (bicyclic) bond motifs is 1. The molecule has 2 heterocycles. The van der Waals surface area contributed by atoms with Crippen LogP contribution in [0.15, 0.2) is 36.4 Å². The lowest BCUT2D eigenvalue weighted by atomic mass is 10.1. The molecule has 1 amide bonds. The highest BCUT2D eigenvalue weighted by Gasteiger charge is 2.16. The zero-order valence-electron chi connectivity index (χ0n) is 18.5. The Morgan fingerprint density at radius 1 is 1.15 bits per heavy atom. The highest BCUT2D eigenvalue weighted by molar-refractivity contribution is 7.80. The molecular formula is C22H22N6O3S2. The Hall–Kier alpha value is -3.57. The highest BCUT2D eigenvalue weighted by Crippen LogP contribution is 2.29. The maximum Gasteiger partial charge on any atom is 0.261 e. The number of carbonyl (C=O) groups is 1. The van der Waals surface area contributed by atoms with Gasteiger partial charge in [0.05, 0.1) is 19.8 Å². The summed E-state index contributed by atoms with van der Waals surface area (Å²) in [6.45, 7) is 3.97. The predicted octanol–water partition coefficient (Wildman–Crippen LogP) is 3.87. The van der Waals surface area contributed by atoms with Crippen LogP contribution in [0.3, 0.4) is 0 Å². The van der Waals surface area contributed by atoms with Gasteiger partial charge >= 0.3 is 0 Å². The Labute approximate surface area is 199 Å². The van der Waals surface area contributed by atoms with Crippen LogP contribution in [-0.4, -0.2) is 45.1 Å². The van der Waals surface area contributed by atoms with Crippen molar-refractivity contribution in [1.29, 1.82) is 0 Å². The zero-order valence-corrected chi connectivity index (χ0v) is 20.1. The van der Waals surface area contributed by atoms with Crippen molar-refractivity contribution in [3.8, 4) is 22.1 Å². The Bertz CT molecular complexity index is 1350. The fourth-order valence-corrected chi connectivity index (χ4v) is 4.25. The van der Waals surface area contributed by atoms with Crippen molar-refractivity contribution < 1.29 is 14.3 Å². The number of hydrogen-bond donors (Lipinski definition) is 2. The Morgan fingerprint density at radius 2 is 1.97 bits per heavy atom. The number of carbonyl (C=O) groups excluding carboxylic acids is 1. The van der Waals surface area contributed by atoms with Crippen molar-refractivity contribution in [3.05, 3.63) is 53.3 Å². The summed E-state index contributed by atoms with van der Waals surface area (Å²) < 4.78 is 12.2. The Kier molecular flexibility index (Phi) is 6.52. The van der Waals surface area contributed by atoms with E-state index in [0.717, 1.165) is 39.0 Å². The van der Waals surface area contributed by atoms with Gasteiger partial charge in [-0.2, -0.15) is 9.61 Å². The molecule has 11 heteroatoms. The number of benzene rings is 2. The molecule has 0 atom stereocenters. The molecule has 0 bridgehead atoms. The number of methoxy groups -OCH3 is 2. The lowest BCUT2D eigenvalue weighted by Crippen LogP contribution is -2.34. The number of nitrogens with zero attached hydrogens (tertiary/aromatic N) is 4. The van der Waals surface area contributed by atoms with Crippen LogP contribution < -0.4 is 20.1 Å². The first-order chi connectivity index (χ1) is 15.9. The number of hydrogen-bond acceptors (Lipinski definition) is 8. The molecular weight excluding hydrogens is 460 g/mol. The topological polar surface area (TPSA) is 103 Å². The van der Waals surface area contributed by atoms with Gasteiger partial charge in [-0.25, -0.2) is 0 Å². The molecule has 0 aliphatic heterocycles. The first kappa shape index (κ1) is 22.6. The summed E-state index contributed by atoms with van der Waals surface area (Å²) >= 11 is 6.85. The highest BCUT2D eigenvalue weighted by atomic mass is 32.1. The molecule has 2 aromatic carbocycles. The van der Waals surface area contributed by atoms with Gasteiger partial charge in [-0.05, 0) is 42.9 Å². The minimum Gasteiger partial charge on any atom is -0.497 e. The zero-order chi connectivity index (χ0) is 23.5. The number of ether oxygens (including phenoxy) is 2. The maximum absolute atomic E-state index is 12.7. The average molecular weight is 483 g/mol.